The molecule has 0 saturated carbocycles. The van der Waals surface area contributed by atoms with Crippen molar-refractivity contribution in [3.05, 3.63) is 58.6 Å². The molecule has 0 radical (unpaired) electrons. The lowest BCUT2D eigenvalue weighted by Crippen LogP contribution is -2.48. The largest absolute Gasteiger partial charge is 0.496 e. The summed E-state index contributed by atoms with van der Waals surface area (Å²) in [6.45, 7) is 6.36. The summed E-state index contributed by atoms with van der Waals surface area (Å²) in [4.78, 5) is 16.9. The molecule has 0 spiro atoms. The Bertz CT molecular complexity index is 771. The molecule has 27 heavy (non-hydrogen) atoms. The molecule has 0 atom stereocenters. The molecule has 1 aliphatic heterocycles. The minimum atomic E-state index is 0.0676. The van der Waals surface area contributed by atoms with Crippen molar-refractivity contribution in [3.8, 4) is 11.5 Å². The molecule has 3 rings (SSSR count). The van der Waals surface area contributed by atoms with E-state index in [-0.39, 0.29) is 5.91 Å². The Labute approximate surface area is 165 Å². The van der Waals surface area contributed by atoms with Crippen LogP contribution < -0.4 is 9.47 Å². The van der Waals surface area contributed by atoms with Crippen LogP contribution in [0.3, 0.4) is 0 Å². The summed E-state index contributed by atoms with van der Waals surface area (Å²) >= 11 is 6.12. The number of amides is 1. The number of piperazine rings is 1. The fourth-order valence-corrected chi connectivity index (χ4v) is 3.46. The first-order chi connectivity index (χ1) is 13.1. The molecule has 0 aromatic heterocycles. The first kappa shape index (κ1) is 19.5. The number of nitrogens with zero attached hydrogens (tertiary/aromatic N) is 2. The maximum Gasteiger partial charge on any atom is 0.253 e. The quantitative estimate of drug-likeness (QED) is 0.756. The van der Waals surface area contributed by atoms with Gasteiger partial charge in [-0.25, -0.2) is 0 Å². The van der Waals surface area contributed by atoms with Gasteiger partial charge >= 0.3 is 0 Å². The molecule has 144 valence electrons. The predicted molar refractivity (Wildman–Crippen MR) is 107 cm³/mol. The van der Waals surface area contributed by atoms with E-state index in [1.165, 1.54) is 0 Å². The second-order valence-electron chi connectivity index (χ2n) is 6.48. The summed E-state index contributed by atoms with van der Waals surface area (Å²) in [6, 6.07) is 13.0. The second kappa shape index (κ2) is 9.11. The second-order valence-corrected chi connectivity index (χ2v) is 6.92. The predicted octanol–water partition coefficient (Wildman–Crippen LogP) is 3.71. The maximum absolute atomic E-state index is 12.7. The topological polar surface area (TPSA) is 42.0 Å². The van der Waals surface area contributed by atoms with Gasteiger partial charge in [-0.2, -0.15) is 0 Å². The molecule has 0 unspecified atom stereocenters. The summed E-state index contributed by atoms with van der Waals surface area (Å²) in [5.74, 6) is 1.69. The standard InChI is InChI=1S/C21H25ClN2O3/c1-3-27-19-7-4-16(5-8-19)21(25)24-12-10-23(11-13-24)15-17-14-18(22)6-9-20(17)26-2/h4-9,14H,3,10-13,15H2,1-2H3. The molecule has 2 aromatic carbocycles. The smallest absolute Gasteiger partial charge is 0.253 e. The number of halogens is 1. The zero-order valence-corrected chi connectivity index (χ0v) is 16.5. The third-order valence-corrected chi connectivity index (χ3v) is 4.94. The number of carbonyl (C=O) groups is 1. The number of ether oxygens (including phenoxy) is 2. The Morgan fingerprint density at radius 1 is 1.07 bits per heavy atom. The van der Waals surface area contributed by atoms with Crippen molar-refractivity contribution >= 4 is 17.5 Å². The van der Waals surface area contributed by atoms with Crippen molar-refractivity contribution in [1.82, 2.24) is 9.80 Å². The number of benzene rings is 2. The van der Waals surface area contributed by atoms with Crippen molar-refractivity contribution in [2.45, 2.75) is 13.5 Å². The Morgan fingerprint density at radius 2 is 1.78 bits per heavy atom. The average Bonchev–Trinajstić information content (AvgIpc) is 2.69. The lowest BCUT2D eigenvalue weighted by atomic mass is 10.1. The average molecular weight is 389 g/mol. The van der Waals surface area contributed by atoms with E-state index in [9.17, 15) is 4.79 Å². The van der Waals surface area contributed by atoms with Gasteiger partial charge in [0.2, 0.25) is 0 Å². The fraction of sp³-hybridized carbons (Fsp3) is 0.381. The SMILES string of the molecule is CCOc1ccc(C(=O)N2CCN(Cc3cc(Cl)ccc3OC)CC2)cc1. The van der Waals surface area contributed by atoms with Crippen LogP contribution >= 0.6 is 11.6 Å². The van der Waals surface area contributed by atoms with Crippen LogP contribution in [-0.4, -0.2) is 55.6 Å². The Hall–Kier alpha value is -2.24. The van der Waals surface area contributed by atoms with E-state index in [1.807, 2.05) is 54.3 Å². The summed E-state index contributed by atoms with van der Waals surface area (Å²) in [5, 5.41) is 0.704. The summed E-state index contributed by atoms with van der Waals surface area (Å²) < 4.78 is 10.9. The van der Waals surface area contributed by atoms with Gasteiger partial charge in [0.25, 0.3) is 5.91 Å². The maximum atomic E-state index is 12.7. The molecule has 2 aromatic rings. The van der Waals surface area contributed by atoms with Crippen LogP contribution in [0.4, 0.5) is 0 Å². The number of hydrogen-bond acceptors (Lipinski definition) is 4. The van der Waals surface area contributed by atoms with Gasteiger partial charge in [0.1, 0.15) is 11.5 Å². The van der Waals surface area contributed by atoms with Gasteiger partial charge < -0.3 is 14.4 Å². The number of carbonyl (C=O) groups excluding carboxylic acids is 1. The normalized spacial score (nSPS) is 14.9. The molecular formula is C21H25ClN2O3. The van der Waals surface area contributed by atoms with Crippen molar-refractivity contribution < 1.29 is 14.3 Å². The van der Waals surface area contributed by atoms with Crippen LogP contribution in [0.5, 0.6) is 11.5 Å². The monoisotopic (exact) mass is 388 g/mol. The van der Waals surface area contributed by atoms with Gasteiger partial charge in [0.05, 0.1) is 13.7 Å². The third kappa shape index (κ3) is 4.93. The van der Waals surface area contributed by atoms with E-state index in [1.54, 1.807) is 7.11 Å². The molecule has 1 aliphatic rings. The van der Waals surface area contributed by atoms with Crippen molar-refractivity contribution in [3.63, 3.8) is 0 Å². The van der Waals surface area contributed by atoms with E-state index in [0.29, 0.717) is 30.3 Å². The van der Waals surface area contributed by atoms with E-state index < -0.39 is 0 Å². The highest BCUT2D eigenvalue weighted by Crippen LogP contribution is 2.24. The highest BCUT2D eigenvalue weighted by Gasteiger charge is 2.23. The lowest BCUT2D eigenvalue weighted by molar-refractivity contribution is 0.0627. The molecule has 5 nitrogen and oxygen atoms in total. The zero-order chi connectivity index (χ0) is 19.2. The van der Waals surface area contributed by atoms with Gasteiger partial charge in [-0.15, -0.1) is 0 Å². The van der Waals surface area contributed by atoms with Gasteiger partial charge in [-0.3, -0.25) is 9.69 Å². The number of rotatable bonds is 6. The first-order valence-corrected chi connectivity index (χ1v) is 9.55. The van der Waals surface area contributed by atoms with Crippen molar-refractivity contribution in [2.24, 2.45) is 0 Å². The number of methoxy groups -OCH3 is 1. The van der Waals surface area contributed by atoms with Crippen LogP contribution in [0.15, 0.2) is 42.5 Å². The van der Waals surface area contributed by atoms with Gasteiger partial charge in [-0.05, 0) is 49.4 Å². The molecule has 1 amide bonds. The molecular weight excluding hydrogens is 364 g/mol. The van der Waals surface area contributed by atoms with Crippen LogP contribution in [0.2, 0.25) is 5.02 Å². The van der Waals surface area contributed by atoms with E-state index in [4.69, 9.17) is 21.1 Å². The lowest BCUT2D eigenvalue weighted by Gasteiger charge is -2.35. The minimum Gasteiger partial charge on any atom is -0.496 e. The van der Waals surface area contributed by atoms with E-state index in [0.717, 1.165) is 36.7 Å². The van der Waals surface area contributed by atoms with Gasteiger partial charge in [0.15, 0.2) is 0 Å². The molecule has 1 heterocycles. The Morgan fingerprint density at radius 3 is 2.41 bits per heavy atom. The molecule has 1 fully saturated rings. The first-order valence-electron chi connectivity index (χ1n) is 9.17. The van der Waals surface area contributed by atoms with Crippen molar-refractivity contribution in [2.75, 3.05) is 39.9 Å². The van der Waals surface area contributed by atoms with Crippen LogP contribution in [0, 0.1) is 0 Å². The number of hydrogen-bond donors (Lipinski definition) is 0. The van der Waals surface area contributed by atoms with Crippen LogP contribution in [0.1, 0.15) is 22.8 Å². The Balaban J connectivity index is 1.57. The molecule has 0 aliphatic carbocycles. The molecule has 6 heteroatoms. The van der Waals surface area contributed by atoms with Gasteiger partial charge in [-0.1, -0.05) is 11.6 Å². The highest BCUT2D eigenvalue weighted by molar-refractivity contribution is 6.30. The minimum absolute atomic E-state index is 0.0676. The third-order valence-electron chi connectivity index (χ3n) is 4.71. The summed E-state index contributed by atoms with van der Waals surface area (Å²) in [7, 11) is 1.67. The molecule has 0 bridgehead atoms. The molecule has 1 saturated heterocycles. The Kier molecular flexibility index (Phi) is 6.58. The zero-order valence-electron chi connectivity index (χ0n) is 15.8. The van der Waals surface area contributed by atoms with E-state index in [2.05, 4.69) is 4.90 Å². The highest BCUT2D eigenvalue weighted by atomic mass is 35.5. The molecule has 0 N–H and O–H groups in total. The van der Waals surface area contributed by atoms with Crippen LogP contribution in [-0.2, 0) is 6.54 Å². The van der Waals surface area contributed by atoms with Crippen LogP contribution in [0.25, 0.3) is 0 Å². The summed E-state index contributed by atoms with van der Waals surface area (Å²) in [6.07, 6.45) is 0. The summed E-state index contributed by atoms with van der Waals surface area (Å²) in [5.41, 5.74) is 1.76. The van der Waals surface area contributed by atoms with E-state index >= 15 is 0 Å². The fourth-order valence-electron chi connectivity index (χ4n) is 3.26. The van der Waals surface area contributed by atoms with Gasteiger partial charge in [0, 0.05) is 48.9 Å². The van der Waals surface area contributed by atoms with Crippen molar-refractivity contribution in [1.29, 1.82) is 0 Å².